The first-order chi connectivity index (χ1) is 9.36. The standard InChI is InChI=1S/C11H5F4N5/c12-5-1-3(6(13)8(15)7(5)14)9-4(2-16)10(17)20-11(18)19-9/h1H,(H4,17,18,19,20). The molecule has 0 bridgehead atoms. The number of aromatic nitrogens is 2. The Morgan fingerprint density at radius 1 is 1.00 bits per heavy atom. The first-order valence-electron chi connectivity index (χ1n) is 5.03. The van der Waals surface area contributed by atoms with Crippen molar-refractivity contribution in [3.63, 3.8) is 0 Å². The molecule has 4 N–H and O–H groups in total. The molecule has 0 atom stereocenters. The maximum absolute atomic E-state index is 13.7. The summed E-state index contributed by atoms with van der Waals surface area (Å²) in [6, 6.07) is 1.92. The summed E-state index contributed by atoms with van der Waals surface area (Å²) in [5.74, 6) is -8.17. The van der Waals surface area contributed by atoms with Gasteiger partial charge in [-0.05, 0) is 6.07 Å². The molecule has 2 aromatic rings. The van der Waals surface area contributed by atoms with Crippen LogP contribution in [0, 0.1) is 34.6 Å². The van der Waals surface area contributed by atoms with Crippen molar-refractivity contribution in [2.75, 3.05) is 11.5 Å². The van der Waals surface area contributed by atoms with Crippen LogP contribution in [0.15, 0.2) is 6.07 Å². The summed E-state index contributed by atoms with van der Waals surface area (Å²) in [6.45, 7) is 0. The van der Waals surface area contributed by atoms with Crippen LogP contribution in [0.1, 0.15) is 5.56 Å². The summed E-state index contributed by atoms with van der Waals surface area (Å²) in [5.41, 5.74) is 8.94. The molecule has 0 radical (unpaired) electrons. The van der Waals surface area contributed by atoms with E-state index in [1.807, 2.05) is 0 Å². The molecule has 0 fully saturated rings. The highest BCUT2D eigenvalue weighted by Crippen LogP contribution is 2.30. The van der Waals surface area contributed by atoms with E-state index in [-0.39, 0.29) is 5.82 Å². The molecule has 9 heteroatoms. The van der Waals surface area contributed by atoms with E-state index >= 15 is 0 Å². The minimum atomic E-state index is -2.03. The Kier molecular flexibility index (Phi) is 3.15. The average molecular weight is 283 g/mol. The lowest BCUT2D eigenvalue weighted by atomic mass is 10.1. The van der Waals surface area contributed by atoms with Crippen LogP contribution in [0.5, 0.6) is 0 Å². The molecule has 0 aliphatic carbocycles. The molecule has 20 heavy (non-hydrogen) atoms. The van der Waals surface area contributed by atoms with E-state index in [1.54, 1.807) is 6.07 Å². The van der Waals surface area contributed by atoms with Crippen molar-refractivity contribution in [2.45, 2.75) is 0 Å². The predicted molar refractivity (Wildman–Crippen MR) is 60.8 cm³/mol. The van der Waals surface area contributed by atoms with Gasteiger partial charge in [-0.2, -0.15) is 10.2 Å². The number of anilines is 2. The molecule has 0 saturated carbocycles. The molecule has 1 aromatic heterocycles. The maximum Gasteiger partial charge on any atom is 0.222 e. The first kappa shape index (κ1) is 13.5. The van der Waals surface area contributed by atoms with Crippen LogP contribution in [-0.4, -0.2) is 9.97 Å². The van der Waals surface area contributed by atoms with Gasteiger partial charge < -0.3 is 11.5 Å². The largest absolute Gasteiger partial charge is 0.382 e. The topological polar surface area (TPSA) is 102 Å². The van der Waals surface area contributed by atoms with E-state index in [4.69, 9.17) is 16.7 Å². The van der Waals surface area contributed by atoms with E-state index in [2.05, 4.69) is 9.97 Å². The van der Waals surface area contributed by atoms with Gasteiger partial charge in [-0.15, -0.1) is 0 Å². The number of benzene rings is 1. The van der Waals surface area contributed by atoms with Gasteiger partial charge >= 0.3 is 0 Å². The third kappa shape index (κ3) is 1.97. The second kappa shape index (κ2) is 4.65. The molecule has 0 aliphatic rings. The van der Waals surface area contributed by atoms with Crippen molar-refractivity contribution >= 4 is 11.8 Å². The summed E-state index contributed by atoms with van der Waals surface area (Å²) in [6.07, 6.45) is 0. The molecular formula is C11H5F4N5. The van der Waals surface area contributed by atoms with Crippen molar-refractivity contribution in [2.24, 2.45) is 0 Å². The summed E-state index contributed by atoms with van der Waals surface area (Å²) >= 11 is 0. The fourth-order valence-corrected chi connectivity index (χ4v) is 1.55. The van der Waals surface area contributed by atoms with Gasteiger partial charge in [0.25, 0.3) is 0 Å². The Morgan fingerprint density at radius 3 is 2.25 bits per heavy atom. The normalized spacial score (nSPS) is 10.3. The zero-order chi connectivity index (χ0) is 15.0. The number of rotatable bonds is 1. The van der Waals surface area contributed by atoms with Crippen LogP contribution in [0.3, 0.4) is 0 Å². The highest BCUT2D eigenvalue weighted by molar-refractivity contribution is 5.73. The van der Waals surface area contributed by atoms with Crippen molar-refractivity contribution in [1.29, 1.82) is 5.26 Å². The first-order valence-corrected chi connectivity index (χ1v) is 5.03. The molecule has 5 nitrogen and oxygen atoms in total. The number of nitrogen functional groups attached to an aromatic ring is 2. The summed E-state index contributed by atoms with van der Waals surface area (Å²) in [4.78, 5) is 6.98. The van der Waals surface area contributed by atoms with E-state index in [0.717, 1.165) is 0 Å². The fraction of sp³-hybridized carbons (Fsp3) is 0. The number of halogens is 4. The Balaban J connectivity index is 2.86. The Bertz CT molecular complexity index is 754. The van der Waals surface area contributed by atoms with Crippen molar-refractivity contribution < 1.29 is 17.6 Å². The van der Waals surface area contributed by atoms with Crippen LogP contribution in [0.2, 0.25) is 0 Å². The second-order valence-corrected chi connectivity index (χ2v) is 3.65. The second-order valence-electron chi connectivity index (χ2n) is 3.65. The number of hydrogen-bond donors (Lipinski definition) is 2. The summed E-state index contributed by atoms with van der Waals surface area (Å²) in [7, 11) is 0. The quantitative estimate of drug-likeness (QED) is 0.471. The minimum absolute atomic E-state index is 0.357. The van der Waals surface area contributed by atoms with Crippen LogP contribution >= 0.6 is 0 Å². The monoisotopic (exact) mass is 283 g/mol. The number of hydrogen-bond acceptors (Lipinski definition) is 5. The van der Waals surface area contributed by atoms with Crippen LogP contribution in [-0.2, 0) is 0 Å². The summed E-state index contributed by atoms with van der Waals surface area (Å²) < 4.78 is 52.9. The minimum Gasteiger partial charge on any atom is -0.382 e. The number of nitriles is 1. The molecule has 0 spiro atoms. The van der Waals surface area contributed by atoms with E-state index in [9.17, 15) is 17.6 Å². The van der Waals surface area contributed by atoms with Crippen LogP contribution in [0.4, 0.5) is 29.3 Å². The van der Waals surface area contributed by atoms with Gasteiger partial charge in [0, 0.05) is 5.56 Å². The number of nitrogens with zero attached hydrogens (tertiary/aromatic N) is 3. The van der Waals surface area contributed by atoms with Gasteiger partial charge in [0.15, 0.2) is 23.3 Å². The molecular weight excluding hydrogens is 278 g/mol. The number of nitrogens with two attached hydrogens (primary N) is 2. The lowest BCUT2D eigenvalue weighted by molar-refractivity contribution is 0.410. The predicted octanol–water partition coefficient (Wildman–Crippen LogP) is 1.74. The summed E-state index contributed by atoms with van der Waals surface area (Å²) in [5, 5.41) is 8.90. The van der Waals surface area contributed by atoms with Crippen molar-refractivity contribution in [3.8, 4) is 17.3 Å². The average Bonchev–Trinajstić information content (AvgIpc) is 2.39. The van der Waals surface area contributed by atoms with Crippen LogP contribution in [0.25, 0.3) is 11.3 Å². The van der Waals surface area contributed by atoms with Gasteiger partial charge in [-0.3, -0.25) is 0 Å². The fourth-order valence-electron chi connectivity index (χ4n) is 1.55. The third-order valence-electron chi connectivity index (χ3n) is 2.42. The molecule has 1 aromatic carbocycles. The maximum atomic E-state index is 13.7. The lowest BCUT2D eigenvalue weighted by Crippen LogP contribution is -2.07. The van der Waals surface area contributed by atoms with E-state index < -0.39 is 46.0 Å². The Labute approximate surface area is 109 Å². The molecule has 102 valence electrons. The van der Waals surface area contributed by atoms with Crippen LogP contribution < -0.4 is 11.5 Å². The molecule has 0 saturated heterocycles. The van der Waals surface area contributed by atoms with Crippen molar-refractivity contribution in [1.82, 2.24) is 9.97 Å². The third-order valence-corrected chi connectivity index (χ3v) is 2.42. The van der Waals surface area contributed by atoms with E-state index in [0.29, 0.717) is 6.07 Å². The zero-order valence-electron chi connectivity index (χ0n) is 9.59. The highest BCUT2D eigenvalue weighted by atomic mass is 19.2. The molecule has 0 amide bonds. The van der Waals surface area contributed by atoms with Gasteiger partial charge in [0.1, 0.15) is 17.5 Å². The lowest BCUT2D eigenvalue weighted by Gasteiger charge is -2.09. The molecule has 2 rings (SSSR count). The SMILES string of the molecule is N#Cc1c(N)nc(N)nc1-c1cc(F)c(F)c(F)c1F. The van der Waals surface area contributed by atoms with E-state index in [1.165, 1.54) is 0 Å². The molecule has 0 unspecified atom stereocenters. The molecule has 1 heterocycles. The Morgan fingerprint density at radius 2 is 1.65 bits per heavy atom. The zero-order valence-corrected chi connectivity index (χ0v) is 9.59. The molecule has 0 aliphatic heterocycles. The smallest absolute Gasteiger partial charge is 0.222 e. The van der Waals surface area contributed by atoms with Gasteiger partial charge in [-0.1, -0.05) is 0 Å². The van der Waals surface area contributed by atoms with Gasteiger partial charge in [0.2, 0.25) is 5.95 Å². The van der Waals surface area contributed by atoms with Gasteiger partial charge in [-0.25, -0.2) is 22.5 Å². The highest BCUT2D eigenvalue weighted by Gasteiger charge is 2.24. The Hall–Kier alpha value is -2.89. The van der Waals surface area contributed by atoms with Crippen molar-refractivity contribution in [3.05, 3.63) is 34.9 Å². The van der Waals surface area contributed by atoms with Gasteiger partial charge in [0.05, 0.1) is 5.69 Å².